The first-order valence-corrected chi connectivity index (χ1v) is 49.9. The van der Waals surface area contributed by atoms with E-state index >= 15 is 0 Å². The summed E-state index contributed by atoms with van der Waals surface area (Å²) in [6, 6.07) is 44.4. The highest BCUT2D eigenvalue weighted by Gasteiger charge is 2.27. The van der Waals surface area contributed by atoms with Gasteiger partial charge in [0.05, 0.1) is 91.4 Å². The lowest BCUT2D eigenvalue weighted by Gasteiger charge is -2.35. The molecule has 0 unspecified atom stereocenters. The number of hydrogen-bond acceptors (Lipinski definition) is 24. The molecule has 0 aliphatic carbocycles. The van der Waals surface area contributed by atoms with Crippen LogP contribution in [0.3, 0.4) is 0 Å². The van der Waals surface area contributed by atoms with E-state index in [9.17, 15) is 24.0 Å². The van der Waals surface area contributed by atoms with Crippen LogP contribution in [-0.2, 0) is 0 Å². The SMILES string of the molecule is CCN1CCC(c2ccc3nc(-c4ccn5cc(C)nc5c4)cc(=O)n3c2)CC1.CCN1CCN(c2ccc3nc(-c4ccn5cc(C)nc5c4)cc(=O)n3c2)CC1.Cc1cn2ccc(-c3cc(=O)n4cc(C5CCN(C)CC5)ccc4n3)cc2n1.Cc1cn2ccc(-c3cc(=O)n4cc(N5CCN(C)CC5)ccc4n3)cc2n1.Cc1cn2nc(-c3cc(=O)n4cc(N5CCN[C@@H](C)C5)cc(C)c4n3)cc2c(C)n1. The summed E-state index contributed by atoms with van der Waals surface area (Å²) in [6.45, 7) is 37.8. The van der Waals surface area contributed by atoms with Crippen molar-refractivity contribution in [1.29, 1.82) is 0 Å². The Labute approximate surface area is 830 Å². The zero-order valence-corrected chi connectivity index (χ0v) is 83.5. The molecule has 5 saturated heterocycles. The van der Waals surface area contributed by atoms with Gasteiger partial charge in [-0.05, 0) is 260 Å². The smallest absolute Gasteiger partial charge is 0.258 e. The number of nitrogens with zero attached hydrogens (tertiary/aromatic N) is 28. The maximum absolute atomic E-state index is 13.0. The van der Waals surface area contributed by atoms with Crippen LogP contribution in [0.1, 0.15) is 109 Å². The maximum atomic E-state index is 13.0. The molecule has 5 aliphatic rings. The zero-order valence-electron chi connectivity index (χ0n) is 83.5. The van der Waals surface area contributed by atoms with Gasteiger partial charge in [-0.1, -0.05) is 26.0 Å². The van der Waals surface area contributed by atoms with Crippen LogP contribution in [0.4, 0.5) is 17.1 Å². The second kappa shape index (κ2) is 40.1. The Morgan fingerprint density at radius 2 is 0.694 bits per heavy atom. The molecule has 20 aromatic heterocycles. The van der Waals surface area contributed by atoms with Gasteiger partial charge >= 0.3 is 0 Å². The fourth-order valence-electron chi connectivity index (χ4n) is 20.5. The molecule has 1 atom stereocenters. The van der Waals surface area contributed by atoms with Gasteiger partial charge in [-0.25, -0.2) is 49.4 Å². The van der Waals surface area contributed by atoms with Crippen LogP contribution >= 0.6 is 0 Å². The third-order valence-corrected chi connectivity index (χ3v) is 28.6. The lowest BCUT2D eigenvalue weighted by atomic mass is 9.90. The Balaban J connectivity index is 0.000000106. The molecule has 5 fully saturated rings. The number of nitrogens with one attached hydrogen (secondary N) is 1. The maximum Gasteiger partial charge on any atom is 0.258 e. The van der Waals surface area contributed by atoms with Crippen LogP contribution < -0.4 is 47.8 Å². The van der Waals surface area contributed by atoms with Crippen LogP contribution in [-0.4, -0.2) is 250 Å². The summed E-state index contributed by atoms with van der Waals surface area (Å²) in [6.07, 6.45) is 31.8. The molecule has 0 bridgehead atoms. The first-order valence-electron chi connectivity index (χ1n) is 49.9. The number of rotatable bonds is 12. The minimum Gasteiger partial charge on any atom is -0.368 e. The summed E-state index contributed by atoms with van der Waals surface area (Å²) < 4.78 is 18.0. The number of likely N-dealkylation sites (tertiary alicyclic amines) is 2. The minimum absolute atomic E-state index is 0.0442. The Bertz CT molecular complexity index is 8210. The molecular weight excluding hydrogens is 1810 g/mol. The van der Waals surface area contributed by atoms with E-state index < -0.39 is 0 Å². The number of aromatic nitrogens is 21. The molecule has 34 nitrogen and oxygen atoms in total. The van der Waals surface area contributed by atoms with Gasteiger partial charge in [-0.2, -0.15) is 5.10 Å². The van der Waals surface area contributed by atoms with Gasteiger partial charge in [-0.15, -0.1) is 0 Å². The van der Waals surface area contributed by atoms with E-state index in [2.05, 4.69) is 135 Å². The van der Waals surface area contributed by atoms with E-state index in [1.165, 1.54) is 11.1 Å². The van der Waals surface area contributed by atoms with Crippen molar-refractivity contribution in [3.05, 3.63) is 329 Å². The monoisotopic (exact) mass is 1930 g/mol. The van der Waals surface area contributed by atoms with Crippen molar-refractivity contribution in [2.45, 2.75) is 113 Å². The molecule has 0 amide bonds. The third kappa shape index (κ3) is 20.1. The van der Waals surface area contributed by atoms with Crippen LogP contribution in [0, 0.1) is 48.5 Å². The number of hydrogen-bond donors (Lipinski definition) is 1. The van der Waals surface area contributed by atoms with E-state index in [1.54, 1.807) is 56.9 Å². The summed E-state index contributed by atoms with van der Waals surface area (Å²) in [4.78, 5) is 127. The third-order valence-electron chi connectivity index (χ3n) is 28.6. The molecule has 0 spiro atoms. The van der Waals surface area contributed by atoms with E-state index in [0.717, 1.165) is 244 Å². The lowest BCUT2D eigenvalue weighted by Crippen LogP contribution is -2.49. The zero-order chi connectivity index (χ0) is 99.4. The van der Waals surface area contributed by atoms with Gasteiger partial charge in [0.25, 0.3) is 27.8 Å². The van der Waals surface area contributed by atoms with E-state index in [0.29, 0.717) is 80.3 Å². The van der Waals surface area contributed by atoms with Gasteiger partial charge in [0, 0.05) is 211 Å². The Hall–Kier alpha value is -15.6. The summed E-state index contributed by atoms with van der Waals surface area (Å²) in [5.41, 5.74) is 27.1. The van der Waals surface area contributed by atoms with E-state index in [4.69, 9.17) is 24.9 Å². The number of fused-ring (bicyclic) bond motifs is 10. The van der Waals surface area contributed by atoms with E-state index in [-0.39, 0.29) is 27.8 Å². The van der Waals surface area contributed by atoms with Gasteiger partial charge in [-0.3, -0.25) is 51.0 Å². The molecule has 144 heavy (non-hydrogen) atoms. The topological polar surface area (TPSA) is 306 Å². The number of aryl methyl sites for hydroxylation is 7. The molecule has 1 N–H and O–H groups in total. The quantitative estimate of drug-likeness (QED) is 0.119. The van der Waals surface area contributed by atoms with Crippen LogP contribution in [0.25, 0.3) is 113 Å². The van der Waals surface area contributed by atoms with Crippen molar-refractivity contribution in [2.75, 3.05) is 140 Å². The fourth-order valence-corrected chi connectivity index (χ4v) is 20.5. The number of anilines is 3. The Morgan fingerprint density at radius 3 is 1.12 bits per heavy atom. The number of likely N-dealkylation sites (N-methyl/N-ethyl adjacent to an activating group) is 2. The Morgan fingerprint density at radius 1 is 0.319 bits per heavy atom. The highest BCUT2D eigenvalue weighted by Crippen LogP contribution is 2.33. The molecule has 34 heteroatoms. The van der Waals surface area contributed by atoms with Crippen molar-refractivity contribution in [1.82, 2.24) is 124 Å². The van der Waals surface area contributed by atoms with Crippen molar-refractivity contribution in [3.63, 3.8) is 0 Å². The number of imidazole rings is 4. The Kier molecular flexibility index (Phi) is 26.3. The van der Waals surface area contributed by atoms with Gasteiger partial charge in [0.15, 0.2) is 0 Å². The van der Waals surface area contributed by atoms with Crippen molar-refractivity contribution in [2.24, 2.45) is 0 Å². The molecule has 25 heterocycles. The highest BCUT2D eigenvalue weighted by atomic mass is 16.1. The van der Waals surface area contributed by atoms with Gasteiger partial charge in [0.1, 0.15) is 56.5 Å². The summed E-state index contributed by atoms with van der Waals surface area (Å²) in [5.74, 6) is 1.03. The summed E-state index contributed by atoms with van der Waals surface area (Å²) in [5, 5.41) is 8.09. The summed E-state index contributed by atoms with van der Waals surface area (Å²) in [7, 11) is 4.30. The second-order valence-corrected chi connectivity index (χ2v) is 39.0. The fraction of sp³-hybridized carbons (Fsp3) is 0.327. The van der Waals surface area contributed by atoms with Crippen molar-refractivity contribution >= 4 is 73.4 Å². The average molecular weight is 1930 g/mol. The molecule has 20 aromatic rings. The van der Waals surface area contributed by atoms with Gasteiger partial charge in [0.2, 0.25) is 0 Å². The van der Waals surface area contributed by atoms with Crippen LogP contribution in [0.5, 0.6) is 0 Å². The molecule has 0 radical (unpaired) electrons. The number of pyridine rings is 9. The largest absolute Gasteiger partial charge is 0.368 e. The van der Waals surface area contributed by atoms with E-state index in [1.807, 2.05) is 232 Å². The standard InChI is InChI=1S/C23H25N5O.C22H25N7O.C22H24N6O.C22H23N5O.C21H22N6O/c1-3-26-9-6-17(7-10-26)19-4-5-21-25-20(13-23(29)28(21)15-19)18-8-11-27-14-16(2)24-22(27)12-18;1-13-7-17(27-6-5-23-14(2)10-27)12-28-21(30)9-18(25-22(13)28)19-8-20-16(4)24-15(3)11-29(20)26-19;1-3-25-8-10-26(11-9-25)18-4-5-20-24-19(13-22(29)28(20)15-18)17-6-7-27-14-16(2)23-21(27)12-17;1-15-13-26-10-7-17(11-21(26)23-15)19-12-22(28)27-14-18(3-4-20(27)24-19)16-5-8-25(2)9-6-16;1-15-13-26-6-5-16(11-20(26)22-15)18-12-21(28)27-14-17(3-4-19(27)23-18)25-9-7-24(2)8-10-25/h4-5,8,11-15,17H,3,6-7,9-10H2,1-2H3;7-9,11-12,14,23H,5-6,10H2,1-4H3;4-7,12-15H,3,8-11H2,1-2H3;3-4,7,10-14,16H,5-6,8-9H2,1-2H3;3-6,11-14H,7-10H2,1-2H3/t;14-;;;/m.0.../s1. The second-order valence-electron chi connectivity index (χ2n) is 39.0. The number of piperidine rings is 2. The van der Waals surface area contributed by atoms with Gasteiger partial charge < -0.3 is 57.2 Å². The van der Waals surface area contributed by atoms with Crippen LogP contribution in [0.15, 0.2) is 250 Å². The van der Waals surface area contributed by atoms with Crippen LogP contribution in [0.2, 0.25) is 0 Å². The normalized spacial score (nSPS) is 16.1. The molecule has 0 saturated carbocycles. The minimum atomic E-state index is -0.105. The van der Waals surface area contributed by atoms with Crippen molar-refractivity contribution in [3.8, 4) is 56.4 Å². The highest BCUT2D eigenvalue weighted by molar-refractivity contribution is 5.73. The summed E-state index contributed by atoms with van der Waals surface area (Å²) >= 11 is 0. The first kappa shape index (κ1) is 94.6. The predicted molar refractivity (Wildman–Crippen MR) is 566 cm³/mol. The molecule has 734 valence electrons. The molecule has 5 aliphatic heterocycles. The molecular formula is C110H119N29O5. The first-order chi connectivity index (χ1) is 69.7. The molecule has 0 aromatic carbocycles. The lowest BCUT2D eigenvalue weighted by molar-refractivity contribution is 0.222. The molecule has 25 rings (SSSR count). The predicted octanol–water partition coefficient (Wildman–Crippen LogP) is 13.3. The average Bonchev–Trinajstić information content (AvgIpc) is 1.50. The number of piperazine rings is 3. The van der Waals surface area contributed by atoms with Crippen molar-refractivity contribution < 1.29 is 0 Å².